The van der Waals surface area contributed by atoms with Crippen LogP contribution >= 0.6 is 0 Å². The van der Waals surface area contributed by atoms with E-state index in [-0.39, 0.29) is 24.5 Å². The molecule has 0 aliphatic carbocycles. The second-order valence-corrected chi connectivity index (χ2v) is 6.55. The molecule has 1 unspecified atom stereocenters. The Hall–Kier alpha value is -2.34. The standard InChI is InChI=1S/C20H25NO5/c1-2-24-20(23)16-4-3-10-21(13-16)11-9-17(22)7-5-15-6-8-18-19(12-15)26-14-25-18/h5-8,12,16H,2-4,9-11,13-14H2,1H3/b7-5+. The molecule has 0 saturated carbocycles. The van der Waals surface area contributed by atoms with Crippen LogP contribution in [0.4, 0.5) is 0 Å². The Bertz CT molecular complexity index is 685. The second kappa shape index (κ2) is 8.85. The number of piperidine rings is 1. The van der Waals surface area contributed by atoms with Crippen LogP contribution in [0.2, 0.25) is 0 Å². The summed E-state index contributed by atoms with van der Waals surface area (Å²) < 4.78 is 15.7. The third-order valence-corrected chi connectivity index (χ3v) is 4.66. The van der Waals surface area contributed by atoms with Crippen molar-refractivity contribution in [1.82, 2.24) is 4.90 Å². The fourth-order valence-electron chi connectivity index (χ4n) is 3.27. The van der Waals surface area contributed by atoms with Gasteiger partial charge in [-0.25, -0.2) is 0 Å². The lowest BCUT2D eigenvalue weighted by Gasteiger charge is -2.31. The largest absolute Gasteiger partial charge is 0.466 e. The van der Waals surface area contributed by atoms with E-state index in [0.717, 1.165) is 30.7 Å². The van der Waals surface area contributed by atoms with Crippen LogP contribution in [0.25, 0.3) is 6.08 Å². The van der Waals surface area contributed by atoms with Gasteiger partial charge in [-0.2, -0.15) is 0 Å². The highest BCUT2D eigenvalue weighted by Gasteiger charge is 2.26. The molecule has 1 fully saturated rings. The van der Waals surface area contributed by atoms with Crippen molar-refractivity contribution in [3.05, 3.63) is 29.8 Å². The molecule has 0 amide bonds. The third-order valence-electron chi connectivity index (χ3n) is 4.66. The van der Waals surface area contributed by atoms with Gasteiger partial charge >= 0.3 is 5.97 Å². The van der Waals surface area contributed by atoms with Crippen molar-refractivity contribution in [3.8, 4) is 11.5 Å². The van der Waals surface area contributed by atoms with Gasteiger partial charge in [0.1, 0.15) is 0 Å². The molecule has 2 aliphatic rings. The number of fused-ring (bicyclic) bond motifs is 1. The number of hydrogen-bond acceptors (Lipinski definition) is 6. The topological polar surface area (TPSA) is 65.1 Å². The van der Waals surface area contributed by atoms with Gasteiger partial charge in [-0.15, -0.1) is 0 Å². The summed E-state index contributed by atoms with van der Waals surface area (Å²) in [7, 11) is 0. The van der Waals surface area contributed by atoms with E-state index in [2.05, 4.69) is 4.90 Å². The molecule has 140 valence electrons. The highest BCUT2D eigenvalue weighted by atomic mass is 16.7. The number of rotatable bonds is 7. The molecule has 3 rings (SSSR count). The van der Waals surface area contributed by atoms with E-state index in [4.69, 9.17) is 14.2 Å². The van der Waals surface area contributed by atoms with Crippen molar-refractivity contribution in [2.24, 2.45) is 5.92 Å². The zero-order valence-electron chi connectivity index (χ0n) is 15.1. The third kappa shape index (κ3) is 4.85. The number of ketones is 1. The summed E-state index contributed by atoms with van der Waals surface area (Å²) in [6, 6.07) is 5.60. The maximum absolute atomic E-state index is 12.1. The van der Waals surface area contributed by atoms with E-state index in [1.807, 2.05) is 25.1 Å². The molecule has 1 aromatic carbocycles. The van der Waals surface area contributed by atoms with Gasteiger partial charge < -0.3 is 19.1 Å². The van der Waals surface area contributed by atoms with Crippen LogP contribution in [0.15, 0.2) is 24.3 Å². The van der Waals surface area contributed by atoms with Gasteiger partial charge in [0.05, 0.1) is 12.5 Å². The molecule has 0 bridgehead atoms. The Balaban J connectivity index is 1.45. The maximum Gasteiger partial charge on any atom is 0.310 e. The summed E-state index contributed by atoms with van der Waals surface area (Å²) in [6.45, 7) is 4.75. The minimum atomic E-state index is -0.119. The molecule has 0 N–H and O–H groups in total. The number of likely N-dealkylation sites (tertiary alicyclic amines) is 1. The number of esters is 1. The molecular weight excluding hydrogens is 334 g/mol. The van der Waals surface area contributed by atoms with Gasteiger partial charge in [-0.05, 0) is 50.1 Å². The van der Waals surface area contributed by atoms with E-state index in [0.29, 0.717) is 31.9 Å². The summed E-state index contributed by atoms with van der Waals surface area (Å²) in [6.07, 6.45) is 5.67. The average Bonchev–Trinajstić information content (AvgIpc) is 3.13. The molecular formula is C20H25NO5. The number of carbonyl (C=O) groups is 2. The first-order chi connectivity index (χ1) is 12.7. The summed E-state index contributed by atoms with van der Waals surface area (Å²) in [5.74, 6) is 1.32. The summed E-state index contributed by atoms with van der Waals surface area (Å²) in [5.41, 5.74) is 0.906. The molecule has 0 aromatic heterocycles. The van der Waals surface area contributed by atoms with Gasteiger partial charge in [0.2, 0.25) is 6.79 Å². The molecule has 1 atom stereocenters. The van der Waals surface area contributed by atoms with Gasteiger partial charge in [0.25, 0.3) is 0 Å². The van der Waals surface area contributed by atoms with E-state index in [1.54, 1.807) is 12.2 Å². The Labute approximate surface area is 153 Å². The first-order valence-electron chi connectivity index (χ1n) is 9.15. The van der Waals surface area contributed by atoms with Crippen molar-refractivity contribution < 1.29 is 23.8 Å². The van der Waals surface area contributed by atoms with E-state index >= 15 is 0 Å². The molecule has 2 aliphatic heterocycles. The fourth-order valence-corrected chi connectivity index (χ4v) is 3.27. The Kier molecular flexibility index (Phi) is 6.28. The zero-order valence-corrected chi connectivity index (χ0v) is 15.1. The Morgan fingerprint density at radius 3 is 3.00 bits per heavy atom. The summed E-state index contributed by atoms with van der Waals surface area (Å²) >= 11 is 0. The van der Waals surface area contributed by atoms with E-state index in [9.17, 15) is 9.59 Å². The lowest BCUT2D eigenvalue weighted by atomic mass is 9.98. The lowest BCUT2D eigenvalue weighted by molar-refractivity contribution is -0.149. The maximum atomic E-state index is 12.1. The quantitative estimate of drug-likeness (QED) is 0.551. The highest BCUT2D eigenvalue weighted by molar-refractivity contribution is 5.93. The minimum absolute atomic E-state index is 0.0667. The first-order valence-corrected chi connectivity index (χ1v) is 9.15. The van der Waals surface area contributed by atoms with Crippen LogP contribution in [-0.4, -0.2) is 49.7 Å². The monoisotopic (exact) mass is 359 g/mol. The molecule has 6 nitrogen and oxygen atoms in total. The van der Waals surface area contributed by atoms with Gasteiger partial charge in [0, 0.05) is 19.5 Å². The molecule has 1 aromatic rings. The summed E-state index contributed by atoms with van der Waals surface area (Å²) in [5, 5.41) is 0. The first kappa shape index (κ1) is 18.5. The van der Waals surface area contributed by atoms with Crippen molar-refractivity contribution in [2.75, 3.05) is 33.0 Å². The molecule has 6 heteroatoms. The van der Waals surface area contributed by atoms with Crippen LogP contribution in [0, 0.1) is 5.92 Å². The van der Waals surface area contributed by atoms with E-state index in [1.165, 1.54) is 0 Å². The van der Waals surface area contributed by atoms with E-state index < -0.39 is 0 Å². The molecule has 0 radical (unpaired) electrons. The van der Waals surface area contributed by atoms with Crippen LogP contribution in [0.1, 0.15) is 31.7 Å². The molecule has 1 saturated heterocycles. The number of allylic oxidation sites excluding steroid dienone is 1. The number of nitrogens with zero attached hydrogens (tertiary/aromatic N) is 1. The van der Waals surface area contributed by atoms with Crippen LogP contribution in [-0.2, 0) is 14.3 Å². The van der Waals surface area contributed by atoms with Crippen LogP contribution in [0.3, 0.4) is 0 Å². The van der Waals surface area contributed by atoms with Crippen LogP contribution in [0.5, 0.6) is 11.5 Å². The average molecular weight is 359 g/mol. The predicted molar refractivity (Wildman–Crippen MR) is 97.0 cm³/mol. The predicted octanol–water partition coefficient (Wildman–Crippen LogP) is 2.66. The van der Waals surface area contributed by atoms with Crippen molar-refractivity contribution in [1.29, 1.82) is 0 Å². The molecule has 2 heterocycles. The highest BCUT2D eigenvalue weighted by Crippen LogP contribution is 2.32. The molecule has 26 heavy (non-hydrogen) atoms. The zero-order chi connectivity index (χ0) is 18.4. The number of hydrogen-bond donors (Lipinski definition) is 0. The van der Waals surface area contributed by atoms with Gasteiger partial charge in [-0.3, -0.25) is 9.59 Å². The number of benzene rings is 1. The van der Waals surface area contributed by atoms with Crippen LogP contribution < -0.4 is 9.47 Å². The normalized spacial score (nSPS) is 19.7. The van der Waals surface area contributed by atoms with Gasteiger partial charge in [0.15, 0.2) is 17.3 Å². The molecule has 0 spiro atoms. The second-order valence-electron chi connectivity index (χ2n) is 6.55. The number of carbonyl (C=O) groups excluding carboxylic acids is 2. The number of ether oxygens (including phenoxy) is 3. The smallest absolute Gasteiger partial charge is 0.310 e. The Morgan fingerprint density at radius 2 is 2.15 bits per heavy atom. The van der Waals surface area contributed by atoms with Crippen molar-refractivity contribution in [2.45, 2.75) is 26.2 Å². The fraction of sp³-hybridized carbons (Fsp3) is 0.500. The Morgan fingerprint density at radius 1 is 1.31 bits per heavy atom. The lowest BCUT2D eigenvalue weighted by Crippen LogP contribution is -2.40. The van der Waals surface area contributed by atoms with Crippen molar-refractivity contribution >= 4 is 17.8 Å². The summed E-state index contributed by atoms with van der Waals surface area (Å²) in [4.78, 5) is 26.2. The van der Waals surface area contributed by atoms with Crippen molar-refractivity contribution in [3.63, 3.8) is 0 Å². The van der Waals surface area contributed by atoms with Gasteiger partial charge in [-0.1, -0.05) is 12.1 Å². The minimum Gasteiger partial charge on any atom is -0.466 e. The SMILES string of the molecule is CCOC(=O)C1CCCN(CCC(=O)/C=C/c2ccc3c(c2)OCO3)C1.